The Morgan fingerprint density at radius 1 is 0.706 bits per heavy atom. The van der Waals surface area contributed by atoms with E-state index < -0.39 is 23.1 Å². The molecule has 0 spiro atoms. The minimum absolute atomic E-state index is 0.0422. The monoisotopic (exact) mass is 482 g/mol. The number of hydrogen-bond acceptors (Lipinski definition) is 8. The fourth-order valence-electron chi connectivity index (χ4n) is 3.07. The van der Waals surface area contributed by atoms with Crippen LogP contribution >= 0.6 is 0 Å². The Hall–Kier alpha value is -2.29. The molecule has 0 radical (unpaired) electrons. The Labute approximate surface area is 203 Å². The van der Waals surface area contributed by atoms with Crippen LogP contribution < -0.4 is 0 Å². The summed E-state index contributed by atoms with van der Waals surface area (Å²) in [4.78, 5) is 32.5. The lowest BCUT2D eigenvalue weighted by atomic mass is 9.85. The van der Waals surface area contributed by atoms with Crippen LogP contribution in [0.3, 0.4) is 0 Å². The fourth-order valence-corrected chi connectivity index (χ4v) is 3.07. The van der Waals surface area contributed by atoms with Gasteiger partial charge in [0.05, 0.1) is 17.3 Å². The van der Waals surface area contributed by atoms with Gasteiger partial charge in [0.2, 0.25) is 0 Å². The molecule has 34 heavy (non-hydrogen) atoms. The summed E-state index contributed by atoms with van der Waals surface area (Å²) in [6, 6.07) is 0. The lowest BCUT2D eigenvalue weighted by Gasteiger charge is -2.32. The van der Waals surface area contributed by atoms with E-state index in [-0.39, 0.29) is 29.3 Å². The molecule has 0 aromatic heterocycles. The third-order valence-corrected chi connectivity index (χ3v) is 5.55. The zero-order valence-electron chi connectivity index (χ0n) is 21.3. The molecule has 0 amide bonds. The van der Waals surface area contributed by atoms with Gasteiger partial charge < -0.3 is 24.8 Å². The van der Waals surface area contributed by atoms with E-state index in [1.54, 1.807) is 6.92 Å². The number of aliphatic hydroxyl groups excluding tert-OH is 1. The van der Waals surface area contributed by atoms with Crippen molar-refractivity contribution in [2.45, 2.75) is 109 Å². The average Bonchev–Trinajstić information content (AvgIpc) is 2.72. The molecule has 2 rings (SSSR count). The first-order chi connectivity index (χ1) is 15.5. The van der Waals surface area contributed by atoms with Crippen molar-refractivity contribution >= 4 is 17.9 Å². The van der Waals surface area contributed by atoms with E-state index in [0.717, 1.165) is 38.5 Å². The first-order valence-electron chi connectivity index (χ1n) is 11.5. The molecule has 0 atom stereocenters. The average molecular weight is 483 g/mol. The Morgan fingerprint density at radius 2 is 1.03 bits per heavy atom. The molecule has 8 heteroatoms. The van der Waals surface area contributed by atoms with Crippen LogP contribution in [-0.4, -0.2) is 56.6 Å². The van der Waals surface area contributed by atoms with Gasteiger partial charge in [-0.05, 0) is 86.0 Å². The second-order valence-corrected chi connectivity index (χ2v) is 9.85. The summed E-state index contributed by atoms with van der Waals surface area (Å²) >= 11 is 0. The van der Waals surface area contributed by atoms with Gasteiger partial charge in [-0.3, -0.25) is 0 Å². The number of aliphatic hydroxyl groups is 3. The highest BCUT2D eigenvalue weighted by Gasteiger charge is 2.30. The van der Waals surface area contributed by atoms with Crippen LogP contribution in [0.1, 0.15) is 86.0 Å². The van der Waals surface area contributed by atoms with E-state index in [9.17, 15) is 24.6 Å². The Bertz CT molecular complexity index is 719. The van der Waals surface area contributed by atoms with Crippen LogP contribution in [0, 0.1) is 0 Å². The standard InChI is InChI=1S/C11H18O3.C8H10O3.C7H14O2/c1-8(2)10(12)14-9-4-6-11(3,13)7-5-9;1-5(2)7(9)11-8(10)6(3)4;1-7(9)4-2-6(8)3-5-7/h9,13H,1,4-7H2,2-3H3;1,3H2,2,4H3;6,8-9H,2-5H2,1H3. The van der Waals surface area contributed by atoms with E-state index in [2.05, 4.69) is 24.5 Å². The SMILES string of the molecule is C=C(C)C(=O)OC(=O)C(=C)C.C=C(C)C(=O)OC1CCC(C)(O)CC1.CC1(O)CCC(O)CC1. The summed E-state index contributed by atoms with van der Waals surface area (Å²) in [7, 11) is 0. The number of carbonyl (C=O) groups is 3. The lowest BCUT2D eigenvalue weighted by Crippen LogP contribution is -2.34. The molecule has 2 fully saturated rings. The number of ether oxygens (including phenoxy) is 2. The molecule has 0 aliphatic heterocycles. The summed E-state index contributed by atoms with van der Waals surface area (Å²) in [6.07, 6.45) is 5.67. The molecule has 2 aliphatic rings. The topological polar surface area (TPSA) is 130 Å². The van der Waals surface area contributed by atoms with Gasteiger partial charge in [-0.15, -0.1) is 0 Å². The van der Waals surface area contributed by atoms with Gasteiger partial charge in [0.1, 0.15) is 6.10 Å². The second kappa shape index (κ2) is 14.2. The highest BCUT2D eigenvalue weighted by molar-refractivity contribution is 6.00. The zero-order chi connectivity index (χ0) is 26.7. The van der Waals surface area contributed by atoms with Crippen LogP contribution in [0.4, 0.5) is 0 Å². The van der Waals surface area contributed by atoms with Crippen LogP contribution in [0.2, 0.25) is 0 Å². The van der Waals surface area contributed by atoms with Crippen LogP contribution in [0.15, 0.2) is 36.5 Å². The van der Waals surface area contributed by atoms with Gasteiger partial charge in [0, 0.05) is 16.7 Å². The van der Waals surface area contributed by atoms with Crippen molar-refractivity contribution in [2.75, 3.05) is 0 Å². The maximum absolute atomic E-state index is 11.2. The Kier molecular flexibility index (Phi) is 13.2. The fraction of sp³-hybridized carbons (Fsp3) is 0.654. The molecule has 0 unspecified atom stereocenters. The minimum atomic E-state index is -0.710. The predicted molar refractivity (Wildman–Crippen MR) is 130 cm³/mol. The first-order valence-corrected chi connectivity index (χ1v) is 11.5. The summed E-state index contributed by atoms with van der Waals surface area (Å²) in [5.41, 5.74) is -0.257. The highest BCUT2D eigenvalue weighted by Crippen LogP contribution is 2.29. The predicted octanol–water partition coefficient (Wildman–Crippen LogP) is 3.68. The van der Waals surface area contributed by atoms with Crippen LogP contribution in [0.5, 0.6) is 0 Å². The molecule has 0 aromatic carbocycles. The number of rotatable bonds is 4. The number of carbonyl (C=O) groups excluding carboxylic acids is 3. The van der Waals surface area contributed by atoms with Crippen molar-refractivity contribution in [1.29, 1.82) is 0 Å². The lowest BCUT2D eigenvalue weighted by molar-refractivity contribution is -0.154. The van der Waals surface area contributed by atoms with Gasteiger partial charge in [-0.2, -0.15) is 0 Å². The summed E-state index contributed by atoms with van der Waals surface area (Å²) < 4.78 is 9.49. The van der Waals surface area contributed by atoms with E-state index >= 15 is 0 Å². The van der Waals surface area contributed by atoms with E-state index in [0.29, 0.717) is 18.4 Å². The zero-order valence-corrected chi connectivity index (χ0v) is 21.3. The van der Waals surface area contributed by atoms with Gasteiger partial charge in [-0.1, -0.05) is 19.7 Å². The highest BCUT2D eigenvalue weighted by atomic mass is 16.6. The van der Waals surface area contributed by atoms with Gasteiger partial charge in [-0.25, -0.2) is 14.4 Å². The molecule has 0 bridgehead atoms. The van der Waals surface area contributed by atoms with Crippen molar-refractivity contribution in [2.24, 2.45) is 0 Å². The maximum Gasteiger partial charge on any atom is 0.340 e. The van der Waals surface area contributed by atoms with Gasteiger partial charge in [0.25, 0.3) is 0 Å². The number of hydrogen-bond donors (Lipinski definition) is 3. The van der Waals surface area contributed by atoms with Gasteiger partial charge in [0.15, 0.2) is 0 Å². The van der Waals surface area contributed by atoms with Crippen molar-refractivity contribution in [3.63, 3.8) is 0 Å². The smallest absolute Gasteiger partial charge is 0.340 e. The summed E-state index contributed by atoms with van der Waals surface area (Å²) in [5.74, 6) is -1.74. The minimum Gasteiger partial charge on any atom is -0.459 e. The van der Waals surface area contributed by atoms with Crippen LogP contribution in [-0.2, 0) is 23.9 Å². The molecule has 194 valence electrons. The third-order valence-electron chi connectivity index (χ3n) is 5.55. The molecule has 0 heterocycles. The Balaban J connectivity index is 0.000000493. The first kappa shape index (κ1) is 31.7. The van der Waals surface area contributed by atoms with Crippen molar-refractivity contribution in [3.8, 4) is 0 Å². The maximum atomic E-state index is 11.2. The molecular formula is C26H42O8. The van der Waals surface area contributed by atoms with E-state index in [1.165, 1.54) is 13.8 Å². The van der Waals surface area contributed by atoms with Gasteiger partial charge >= 0.3 is 17.9 Å². The van der Waals surface area contributed by atoms with Crippen molar-refractivity contribution in [3.05, 3.63) is 36.5 Å². The van der Waals surface area contributed by atoms with E-state index in [1.807, 2.05) is 13.8 Å². The Morgan fingerprint density at radius 3 is 1.32 bits per heavy atom. The largest absolute Gasteiger partial charge is 0.459 e. The molecule has 3 N–H and O–H groups in total. The second-order valence-electron chi connectivity index (χ2n) is 9.85. The van der Waals surface area contributed by atoms with E-state index in [4.69, 9.17) is 9.84 Å². The molecule has 2 saturated carbocycles. The third kappa shape index (κ3) is 14.1. The summed E-state index contributed by atoms with van der Waals surface area (Å²) in [6.45, 7) is 18.4. The molecule has 8 nitrogen and oxygen atoms in total. The van der Waals surface area contributed by atoms with Crippen molar-refractivity contribution < 1.29 is 39.2 Å². The summed E-state index contributed by atoms with van der Waals surface area (Å²) in [5, 5.41) is 28.1. The normalized spacial score (nSPS) is 28.0. The quantitative estimate of drug-likeness (QED) is 0.314. The molecule has 0 saturated heterocycles. The van der Waals surface area contributed by atoms with Crippen molar-refractivity contribution in [1.82, 2.24) is 0 Å². The molecule has 2 aliphatic carbocycles. The molecular weight excluding hydrogens is 440 g/mol. The van der Waals surface area contributed by atoms with Crippen LogP contribution in [0.25, 0.3) is 0 Å². The number of esters is 3. The molecule has 0 aromatic rings.